The largest absolute Gasteiger partial charge is 0.490 e. The number of benzene rings is 2. The molecule has 0 N–H and O–H groups in total. The number of carbonyl (C=O) groups excluding carboxylic acids is 2. The maximum Gasteiger partial charge on any atom is 0.253 e. The fourth-order valence-electron chi connectivity index (χ4n) is 3.12. The first-order chi connectivity index (χ1) is 15.1. The van der Waals surface area contributed by atoms with Crippen LogP contribution in [0.25, 0.3) is 6.08 Å². The van der Waals surface area contributed by atoms with Gasteiger partial charge in [0.2, 0.25) is 0 Å². The minimum atomic E-state index is -0.172. The number of carbonyl (C=O) groups is 2. The standard InChI is InChI=1S/C27H33NO4/c1-8-9-21-14-17-25(31-18(2)3)23(26(21)32-19(4)5)15-16-24(29)20-10-12-22(13-11-20)27(30)28(6)7/h8,10-19H,1,9H2,2-7H3/b16-15+. The van der Waals surface area contributed by atoms with Crippen molar-refractivity contribution in [3.8, 4) is 11.5 Å². The molecule has 0 unspecified atom stereocenters. The van der Waals surface area contributed by atoms with E-state index in [1.54, 1.807) is 44.4 Å². The summed E-state index contributed by atoms with van der Waals surface area (Å²) in [5.41, 5.74) is 2.73. The fraction of sp³-hybridized carbons (Fsp3) is 0.333. The molecule has 0 atom stereocenters. The minimum absolute atomic E-state index is 0.0308. The zero-order valence-corrected chi connectivity index (χ0v) is 19.8. The van der Waals surface area contributed by atoms with Crippen LogP contribution in [0.15, 0.2) is 55.1 Å². The Hall–Kier alpha value is -3.34. The van der Waals surface area contributed by atoms with Crippen molar-refractivity contribution in [1.29, 1.82) is 0 Å². The van der Waals surface area contributed by atoms with Gasteiger partial charge in [-0.2, -0.15) is 0 Å². The Kier molecular flexibility index (Phi) is 8.82. The summed E-state index contributed by atoms with van der Waals surface area (Å²) in [6.07, 6.45) is 5.63. The van der Waals surface area contributed by atoms with E-state index in [1.807, 2.05) is 45.9 Å². The van der Waals surface area contributed by atoms with E-state index in [-0.39, 0.29) is 23.9 Å². The van der Waals surface area contributed by atoms with Gasteiger partial charge < -0.3 is 14.4 Å². The van der Waals surface area contributed by atoms with Crippen LogP contribution in [-0.4, -0.2) is 42.9 Å². The Morgan fingerprint density at radius 1 is 0.938 bits per heavy atom. The Balaban J connectivity index is 2.43. The Morgan fingerprint density at radius 3 is 2.06 bits per heavy atom. The summed E-state index contributed by atoms with van der Waals surface area (Å²) < 4.78 is 12.1. The second-order valence-electron chi connectivity index (χ2n) is 8.27. The topological polar surface area (TPSA) is 55.8 Å². The Labute approximate surface area is 191 Å². The van der Waals surface area contributed by atoms with Crippen LogP contribution in [0, 0.1) is 0 Å². The molecule has 0 bridgehead atoms. The van der Waals surface area contributed by atoms with E-state index in [2.05, 4.69) is 6.58 Å². The molecule has 32 heavy (non-hydrogen) atoms. The van der Waals surface area contributed by atoms with Gasteiger partial charge in [-0.15, -0.1) is 6.58 Å². The number of hydrogen-bond acceptors (Lipinski definition) is 4. The van der Waals surface area contributed by atoms with Crippen molar-refractivity contribution in [2.24, 2.45) is 0 Å². The van der Waals surface area contributed by atoms with Gasteiger partial charge in [-0.25, -0.2) is 0 Å². The average Bonchev–Trinajstić information content (AvgIpc) is 2.73. The third-order valence-corrected chi connectivity index (χ3v) is 4.54. The fourth-order valence-corrected chi connectivity index (χ4v) is 3.12. The van der Waals surface area contributed by atoms with Gasteiger partial charge in [-0.3, -0.25) is 9.59 Å². The summed E-state index contributed by atoms with van der Waals surface area (Å²) in [5, 5.41) is 0. The number of ether oxygens (including phenoxy) is 2. The van der Waals surface area contributed by atoms with Crippen LogP contribution in [0.1, 0.15) is 59.5 Å². The summed E-state index contributed by atoms with van der Waals surface area (Å²) in [6, 6.07) is 10.5. The smallest absolute Gasteiger partial charge is 0.253 e. The number of nitrogens with zero attached hydrogens (tertiary/aromatic N) is 1. The first-order valence-corrected chi connectivity index (χ1v) is 10.8. The maximum absolute atomic E-state index is 12.8. The van der Waals surface area contributed by atoms with Crippen LogP contribution in [-0.2, 0) is 6.42 Å². The zero-order chi connectivity index (χ0) is 23.8. The van der Waals surface area contributed by atoms with Gasteiger partial charge in [-0.1, -0.05) is 24.3 Å². The van der Waals surface area contributed by atoms with Crippen LogP contribution in [0.4, 0.5) is 0 Å². The monoisotopic (exact) mass is 435 g/mol. The lowest BCUT2D eigenvalue weighted by Gasteiger charge is -2.20. The third-order valence-electron chi connectivity index (χ3n) is 4.54. The second-order valence-corrected chi connectivity index (χ2v) is 8.27. The molecular formula is C27H33NO4. The molecule has 0 radical (unpaired) electrons. The van der Waals surface area contributed by atoms with Gasteiger partial charge in [0.05, 0.1) is 17.8 Å². The van der Waals surface area contributed by atoms with E-state index in [0.717, 1.165) is 11.1 Å². The average molecular weight is 436 g/mol. The van der Waals surface area contributed by atoms with Crippen LogP contribution in [0.5, 0.6) is 11.5 Å². The van der Waals surface area contributed by atoms with Crippen LogP contribution in [0.2, 0.25) is 0 Å². The predicted octanol–water partition coefficient (Wildman–Crippen LogP) is 5.59. The highest BCUT2D eigenvalue weighted by Crippen LogP contribution is 2.35. The van der Waals surface area contributed by atoms with E-state index in [1.165, 1.54) is 11.0 Å². The highest BCUT2D eigenvalue weighted by Gasteiger charge is 2.16. The molecule has 1 amide bonds. The number of allylic oxidation sites excluding steroid dienone is 2. The summed E-state index contributed by atoms with van der Waals surface area (Å²) in [7, 11) is 3.39. The number of hydrogen-bond donors (Lipinski definition) is 0. The summed E-state index contributed by atoms with van der Waals surface area (Å²) in [4.78, 5) is 26.4. The zero-order valence-electron chi connectivity index (χ0n) is 19.8. The minimum Gasteiger partial charge on any atom is -0.490 e. The van der Waals surface area contributed by atoms with E-state index < -0.39 is 0 Å². The molecule has 0 saturated carbocycles. The van der Waals surface area contributed by atoms with Crippen molar-refractivity contribution in [3.63, 3.8) is 0 Å². The van der Waals surface area contributed by atoms with Gasteiger partial charge in [0.1, 0.15) is 11.5 Å². The lowest BCUT2D eigenvalue weighted by atomic mass is 10.0. The summed E-state index contributed by atoms with van der Waals surface area (Å²) in [6.45, 7) is 11.7. The van der Waals surface area contributed by atoms with Crippen molar-refractivity contribution < 1.29 is 19.1 Å². The first kappa shape index (κ1) is 24.9. The molecule has 0 aliphatic carbocycles. The molecule has 5 nitrogen and oxygen atoms in total. The van der Waals surface area contributed by atoms with Gasteiger partial charge >= 0.3 is 0 Å². The highest BCUT2D eigenvalue weighted by atomic mass is 16.5. The van der Waals surface area contributed by atoms with Gasteiger partial charge in [-0.05, 0) is 70.0 Å². The van der Waals surface area contributed by atoms with E-state index >= 15 is 0 Å². The van der Waals surface area contributed by atoms with Crippen LogP contribution in [0.3, 0.4) is 0 Å². The maximum atomic E-state index is 12.8. The quantitative estimate of drug-likeness (QED) is 0.277. The molecule has 0 aromatic heterocycles. The highest BCUT2D eigenvalue weighted by molar-refractivity contribution is 6.07. The van der Waals surface area contributed by atoms with E-state index in [9.17, 15) is 9.59 Å². The molecule has 0 aliphatic heterocycles. The summed E-state index contributed by atoms with van der Waals surface area (Å²) >= 11 is 0. The predicted molar refractivity (Wildman–Crippen MR) is 130 cm³/mol. The molecule has 0 heterocycles. The normalized spacial score (nSPS) is 11.1. The van der Waals surface area contributed by atoms with Crippen molar-refractivity contribution in [1.82, 2.24) is 4.90 Å². The third kappa shape index (κ3) is 6.58. The molecule has 2 aromatic carbocycles. The second kappa shape index (κ2) is 11.3. The Bertz CT molecular complexity index is 985. The number of amides is 1. The molecule has 0 fully saturated rings. The molecule has 2 rings (SSSR count). The van der Waals surface area contributed by atoms with E-state index in [4.69, 9.17) is 9.47 Å². The molecule has 0 spiro atoms. The Morgan fingerprint density at radius 2 is 1.53 bits per heavy atom. The molecule has 5 heteroatoms. The van der Waals surface area contributed by atoms with Crippen molar-refractivity contribution in [2.75, 3.05) is 14.1 Å². The number of ketones is 1. The molecule has 0 saturated heterocycles. The van der Waals surface area contributed by atoms with Crippen molar-refractivity contribution >= 4 is 17.8 Å². The molecule has 170 valence electrons. The van der Waals surface area contributed by atoms with Crippen molar-refractivity contribution in [2.45, 2.75) is 46.3 Å². The molecular weight excluding hydrogens is 402 g/mol. The molecule has 2 aromatic rings. The van der Waals surface area contributed by atoms with Gasteiger partial charge in [0, 0.05) is 25.2 Å². The van der Waals surface area contributed by atoms with E-state index in [0.29, 0.717) is 29.0 Å². The lowest BCUT2D eigenvalue weighted by Crippen LogP contribution is -2.21. The van der Waals surface area contributed by atoms with Crippen LogP contribution >= 0.6 is 0 Å². The molecule has 0 aliphatic rings. The van der Waals surface area contributed by atoms with Crippen molar-refractivity contribution in [3.05, 3.63) is 77.4 Å². The SMILES string of the molecule is C=CCc1ccc(OC(C)C)c(/C=C/C(=O)c2ccc(C(=O)N(C)C)cc2)c1OC(C)C. The lowest BCUT2D eigenvalue weighted by molar-refractivity contribution is 0.0827. The van der Waals surface area contributed by atoms with Gasteiger partial charge in [0.25, 0.3) is 5.91 Å². The first-order valence-electron chi connectivity index (χ1n) is 10.8. The summed E-state index contributed by atoms with van der Waals surface area (Å²) in [5.74, 6) is 1.06. The van der Waals surface area contributed by atoms with Crippen LogP contribution < -0.4 is 9.47 Å². The number of rotatable bonds is 10. The van der Waals surface area contributed by atoms with Gasteiger partial charge in [0.15, 0.2) is 5.78 Å².